The predicted molar refractivity (Wildman–Crippen MR) is 70.4 cm³/mol. The number of hydrogen-bond donors (Lipinski definition) is 0. The monoisotopic (exact) mass is 272 g/mol. The number of likely N-dealkylation sites (tertiary alicyclic amines) is 1. The fourth-order valence-corrected chi connectivity index (χ4v) is 2.04. The van der Waals surface area contributed by atoms with E-state index in [-0.39, 0.29) is 24.5 Å². The minimum Gasteiger partial charge on any atom is -0.444 e. The molecule has 1 heterocycles. The van der Waals surface area contributed by atoms with E-state index >= 15 is 0 Å². The maximum absolute atomic E-state index is 12.0. The van der Waals surface area contributed by atoms with Crippen LogP contribution in [0.15, 0.2) is 0 Å². The smallest absolute Gasteiger partial charge is 0.410 e. The molecule has 1 saturated heterocycles. The molecule has 19 heavy (non-hydrogen) atoms. The molecule has 0 aromatic heterocycles. The Kier molecular flexibility index (Phi) is 5.17. The zero-order valence-electron chi connectivity index (χ0n) is 12.4. The first-order valence-electron chi connectivity index (χ1n) is 6.55. The van der Waals surface area contributed by atoms with Crippen molar-refractivity contribution in [3.63, 3.8) is 0 Å². The topological polar surface area (TPSA) is 59.1 Å². The first-order valence-corrected chi connectivity index (χ1v) is 6.55. The molecule has 0 N–H and O–H groups in total. The lowest BCUT2D eigenvalue weighted by Crippen LogP contribution is -2.42. The van der Waals surface area contributed by atoms with Crippen molar-refractivity contribution in [3.05, 3.63) is 0 Å². The van der Waals surface area contributed by atoms with Crippen LogP contribution in [0.5, 0.6) is 0 Å². The fraction of sp³-hybridized carbons (Fsp3) is 0.846. The number of carbonyl (C=O) groups is 2. The Morgan fingerprint density at radius 2 is 2.00 bits per heavy atom. The molecule has 6 nitrogen and oxygen atoms in total. The Labute approximate surface area is 114 Å². The molecule has 1 fully saturated rings. The molecule has 1 atom stereocenters. The van der Waals surface area contributed by atoms with E-state index in [1.54, 1.807) is 11.9 Å². The Balaban J connectivity index is 2.59. The van der Waals surface area contributed by atoms with Gasteiger partial charge in [0, 0.05) is 26.1 Å². The van der Waals surface area contributed by atoms with Crippen molar-refractivity contribution in [3.8, 4) is 0 Å². The van der Waals surface area contributed by atoms with E-state index in [9.17, 15) is 9.59 Å². The first-order chi connectivity index (χ1) is 8.74. The molecule has 0 bridgehead atoms. The highest BCUT2D eigenvalue weighted by molar-refractivity contribution is 5.77. The average molecular weight is 272 g/mol. The van der Waals surface area contributed by atoms with Gasteiger partial charge in [-0.05, 0) is 33.6 Å². The van der Waals surface area contributed by atoms with Gasteiger partial charge in [0.25, 0.3) is 0 Å². The van der Waals surface area contributed by atoms with Crippen molar-refractivity contribution in [2.24, 2.45) is 0 Å². The van der Waals surface area contributed by atoms with Gasteiger partial charge in [-0.25, -0.2) is 9.86 Å². The third kappa shape index (κ3) is 4.70. The van der Waals surface area contributed by atoms with Crippen LogP contribution in [0.2, 0.25) is 0 Å². The van der Waals surface area contributed by atoms with Gasteiger partial charge in [0.05, 0.1) is 7.11 Å². The van der Waals surface area contributed by atoms with Crippen molar-refractivity contribution in [2.75, 3.05) is 20.7 Å². The second-order valence-electron chi connectivity index (χ2n) is 5.75. The van der Waals surface area contributed by atoms with Gasteiger partial charge in [-0.2, -0.15) is 0 Å². The second kappa shape index (κ2) is 6.23. The summed E-state index contributed by atoms with van der Waals surface area (Å²) in [6, 6.07) is -0.0973. The number of nitrogens with zero attached hydrogens (tertiary/aromatic N) is 2. The van der Waals surface area contributed by atoms with Crippen LogP contribution in [-0.4, -0.2) is 54.3 Å². The summed E-state index contributed by atoms with van der Waals surface area (Å²) in [5.74, 6) is -0.136. The van der Waals surface area contributed by atoms with E-state index < -0.39 is 5.60 Å². The van der Waals surface area contributed by atoms with Crippen LogP contribution >= 0.6 is 0 Å². The van der Waals surface area contributed by atoms with E-state index in [1.807, 2.05) is 20.8 Å². The van der Waals surface area contributed by atoms with Gasteiger partial charge < -0.3 is 9.64 Å². The third-order valence-corrected chi connectivity index (χ3v) is 3.04. The molecule has 2 amide bonds. The highest BCUT2D eigenvalue weighted by atomic mass is 16.7. The number of hydroxylamine groups is 2. The molecule has 0 radical (unpaired) electrons. The van der Waals surface area contributed by atoms with Gasteiger partial charge in [0.2, 0.25) is 5.91 Å². The van der Waals surface area contributed by atoms with Crippen LogP contribution in [0.25, 0.3) is 0 Å². The highest BCUT2D eigenvalue weighted by Crippen LogP contribution is 2.23. The number of hydrogen-bond acceptors (Lipinski definition) is 4. The molecule has 6 heteroatoms. The summed E-state index contributed by atoms with van der Waals surface area (Å²) >= 11 is 0. The van der Waals surface area contributed by atoms with Gasteiger partial charge >= 0.3 is 6.09 Å². The maximum Gasteiger partial charge on any atom is 0.410 e. The van der Waals surface area contributed by atoms with Gasteiger partial charge in [-0.1, -0.05) is 0 Å². The zero-order valence-corrected chi connectivity index (χ0v) is 12.4. The molecular formula is C13H24N2O4. The van der Waals surface area contributed by atoms with E-state index in [0.717, 1.165) is 12.8 Å². The highest BCUT2D eigenvalue weighted by Gasteiger charge is 2.33. The lowest BCUT2D eigenvalue weighted by molar-refractivity contribution is -0.169. The van der Waals surface area contributed by atoms with Crippen molar-refractivity contribution in [1.82, 2.24) is 9.96 Å². The van der Waals surface area contributed by atoms with Crippen molar-refractivity contribution < 1.29 is 19.2 Å². The summed E-state index contributed by atoms with van der Waals surface area (Å²) in [6.07, 6.45) is 1.64. The fourth-order valence-electron chi connectivity index (χ4n) is 2.04. The molecule has 0 aromatic rings. The van der Waals surface area contributed by atoms with E-state index in [1.165, 1.54) is 12.2 Å². The SMILES string of the molecule is CON(C)C(=O)C[C@@H]1CCCN1C(=O)OC(C)(C)C. The summed E-state index contributed by atoms with van der Waals surface area (Å²) in [4.78, 5) is 30.3. The van der Waals surface area contributed by atoms with Gasteiger partial charge in [-0.15, -0.1) is 0 Å². The van der Waals surface area contributed by atoms with Crippen LogP contribution in [0.4, 0.5) is 4.79 Å². The van der Waals surface area contributed by atoms with Crippen LogP contribution in [0.3, 0.4) is 0 Å². The van der Waals surface area contributed by atoms with E-state index in [4.69, 9.17) is 9.57 Å². The van der Waals surface area contributed by atoms with E-state index in [2.05, 4.69) is 0 Å². The van der Waals surface area contributed by atoms with Crippen molar-refractivity contribution >= 4 is 12.0 Å². The number of rotatable bonds is 3. The normalized spacial score (nSPS) is 19.4. The average Bonchev–Trinajstić information content (AvgIpc) is 2.73. The lowest BCUT2D eigenvalue weighted by atomic mass is 10.1. The number of carbonyl (C=O) groups excluding carboxylic acids is 2. The molecule has 1 rings (SSSR count). The molecule has 0 aliphatic carbocycles. The van der Waals surface area contributed by atoms with Crippen LogP contribution in [0, 0.1) is 0 Å². The quantitative estimate of drug-likeness (QED) is 0.735. The summed E-state index contributed by atoms with van der Waals surface area (Å²) < 4.78 is 5.35. The Bertz CT molecular complexity index is 338. The zero-order chi connectivity index (χ0) is 14.6. The molecule has 0 unspecified atom stereocenters. The number of ether oxygens (including phenoxy) is 1. The lowest BCUT2D eigenvalue weighted by Gasteiger charge is -2.29. The maximum atomic E-state index is 12.0. The molecule has 0 saturated carbocycles. The molecule has 110 valence electrons. The molecule has 1 aliphatic rings. The predicted octanol–water partition coefficient (Wildman–Crippen LogP) is 1.80. The summed E-state index contributed by atoms with van der Waals surface area (Å²) in [5.41, 5.74) is -0.516. The van der Waals surface area contributed by atoms with E-state index in [0.29, 0.717) is 6.54 Å². The summed E-state index contributed by atoms with van der Waals surface area (Å²) in [6.45, 7) is 6.14. The van der Waals surface area contributed by atoms with Crippen molar-refractivity contribution in [2.45, 2.75) is 51.7 Å². The summed E-state index contributed by atoms with van der Waals surface area (Å²) in [5, 5.41) is 1.19. The second-order valence-corrected chi connectivity index (χ2v) is 5.75. The Morgan fingerprint density at radius 1 is 1.37 bits per heavy atom. The summed E-state index contributed by atoms with van der Waals surface area (Å²) in [7, 11) is 3.01. The van der Waals surface area contributed by atoms with Crippen LogP contribution in [-0.2, 0) is 14.4 Å². The molecule has 0 aromatic carbocycles. The third-order valence-electron chi connectivity index (χ3n) is 3.04. The molecule has 0 spiro atoms. The van der Waals surface area contributed by atoms with Crippen LogP contribution in [0.1, 0.15) is 40.0 Å². The number of amides is 2. The first kappa shape index (κ1) is 15.8. The standard InChI is InChI=1S/C13H24N2O4/c1-13(2,3)19-12(17)15-8-6-7-10(15)9-11(16)14(4)18-5/h10H,6-9H2,1-5H3/t10-/m0/s1. The molecule has 1 aliphatic heterocycles. The Hall–Kier alpha value is -1.30. The molecular weight excluding hydrogens is 248 g/mol. The van der Waals surface area contributed by atoms with Gasteiger partial charge in [0.15, 0.2) is 0 Å². The van der Waals surface area contributed by atoms with Crippen molar-refractivity contribution in [1.29, 1.82) is 0 Å². The van der Waals surface area contributed by atoms with Gasteiger partial charge in [0.1, 0.15) is 5.60 Å². The van der Waals surface area contributed by atoms with Crippen LogP contribution < -0.4 is 0 Å². The minimum atomic E-state index is -0.516. The Morgan fingerprint density at radius 3 is 2.53 bits per heavy atom. The largest absolute Gasteiger partial charge is 0.444 e. The minimum absolute atomic E-state index is 0.0973. The van der Waals surface area contributed by atoms with Gasteiger partial charge in [-0.3, -0.25) is 9.63 Å².